The summed E-state index contributed by atoms with van der Waals surface area (Å²) in [5.41, 5.74) is 7.92. The van der Waals surface area contributed by atoms with Crippen LogP contribution in [0, 0.1) is 11.3 Å². The van der Waals surface area contributed by atoms with Crippen molar-refractivity contribution < 1.29 is 0 Å². The lowest BCUT2D eigenvalue weighted by Crippen LogP contribution is -2.00. The van der Waals surface area contributed by atoms with Gasteiger partial charge >= 0.3 is 0 Å². The van der Waals surface area contributed by atoms with Crippen molar-refractivity contribution in [1.82, 2.24) is 15.0 Å². The first-order chi connectivity index (χ1) is 20.8. The largest absolute Gasteiger partial charge is 0.208 e. The number of benzene rings is 6. The molecule has 0 spiro atoms. The van der Waals surface area contributed by atoms with Crippen LogP contribution in [0.25, 0.3) is 67.2 Å². The Morgan fingerprint density at radius 2 is 0.786 bits per heavy atom. The molecule has 0 saturated carbocycles. The van der Waals surface area contributed by atoms with Crippen LogP contribution in [0.5, 0.6) is 0 Å². The van der Waals surface area contributed by atoms with E-state index in [4.69, 9.17) is 15.0 Å². The van der Waals surface area contributed by atoms with E-state index in [0.29, 0.717) is 23.0 Å². The number of fused-ring (bicyclic) bond motifs is 1. The highest BCUT2D eigenvalue weighted by Gasteiger charge is 2.14. The summed E-state index contributed by atoms with van der Waals surface area (Å²) in [4.78, 5) is 14.6. The zero-order valence-electron chi connectivity index (χ0n) is 22.6. The average Bonchev–Trinajstić information content (AvgIpc) is 3.08. The van der Waals surface area contributed by atoms with Crippen molar-refractivity contribution in [3.8, 4) is 62.5 Å². The van der Waals surface area contributed by atoms with E-state index in [1.54, 1.807) is 0 Å². The summed E-state index contributed by atoms with van der Waals surface area (Å²) in [6.07, 6.45) is 0. The van der Waals surface area contributed by atoms with Crippen LogP contribution in [0.1, 0.15) is 5.56 Å². The molecule has 0 amide bonds. The quantitative estimate of drug-likeness (QED) is 0.220. The first-order valence-electron chi connectivity index (χ1n) is 13.8. The molecule has 0 atom stereocenters. The zero-order chi connectivity index (χ0) is 28.3. The summed E-state index contributed by atoms with van der Waals surface area (Å²) in [5.74, 6) is 1.92. The van der Waals surface area contributed by atoms with Gasteiger partial charge in [0.2, 0.25) is 0 Å². The lowest BCUT2D eigenvalue weighted by atomic mass is 9.91. The monoisotopic (exact) mass is 536 g/mol. The van der Waals surface area contributed by atoms with Crippen molar-refractivity contribution in [3.05, 3.63) is 151 Å². The van der Waals surface area contributed by atoms with Gasteiger partial charge in [-0.25, -0.2) is 15.0 Å². The molecule has 42 heavy (non-hydrogen) atoms. The number of nitrogens with zero attached hydrogens (tertiary/aromatic N) is 4. The summed E-state index contributed by atoms with van der Waals surface area (Å²) >= 11 is 0. The smallest absolute Gasteiger partial charge is 0.164 e. The SMILES string of the molecule is N#Cc1ccc(-c2cccc3cccc(-c4ccc(-c5nc(-c6ccccc6)nc(-c6ccccc6)n5)cc4)c23)cc1. The Morgan fingerprint density at radius 3 is 1.24 bits per heavy atom. The van der Waals surface area contributed by atoms with Crippen molar-refractivity contribution >= 4 is 10.8 Å². The van der Waals surface area contributed by atoms with E-state index < -0.39 is 0 Å². The van der Waals surface area contributed by atoms with Gasteiger partial charge in [0.15, 0.2) is 17.5 Å². The summed E-state index contributed by atoms with van der Waals surface area (Å²) in [6.45, 7) is 0. The van der Waals surface area contributed by atoms with Crippen molar-refractivity contribution in [3.63, 3.8) is 0 Å². The number of hydrogen-bond donors (Lipinski definition) is 0. The fourth-order valence-electron chi connectivity index (χ4n) is 5.28. The van der Waals surface area contributed by atoms with Crippen LogP contribution in [0.2, 0.25) is 0 Å². The minimum absolute atomic E-state index is 0.630. The van der Waals surface area contributed by atoms with E-state index in [-0.39, 0.29) is 0 Å². The maximum atomic E-state index is 9.25. The Morgan fingerprint density at radius 1 is 0.381 bits per heavy atom. The van der Waals surface area contributed by atoms with Gasteiger partial charge in [-0.1, -0.05) is 133 Å². The number of hydrogen-bond acceptors (Lipinski definition) is 4. The zero-order valence-corrected chi connectivity index (χ0v) is 22.6. The van der Waals surface area contributed by atoms with Crippen LogP contribution in [0.3, 0.4) is 0 Å². The van der Waals surface area contributed by atoms with Crippen molar-refractivity contribution in [2.45, 2.75) is 0 Å². The maximum Gasteiger partial charge on any atom is 0.164 e. The molecule has 4 nitrogen and oxygen atoms in total. The molecule has 0 aliphatic carbocycles. The van der Waals surface area contributed by atoms with E-state index in [2.05, 4.69) is 66.7 Å². The minimum Gasteiger partial charge on any atom is -0.208 e. The predicted molar refractivity (Wildman–Crippen MR) is 169 cm³/mol. The van der Waals surface area contributed by atoms with Gasteiger partial charge in [-0.2, -0.15) is 5.26 Å². The highest BCUT2D eigenvalue weighted by Crippen LogP contribution is 2.37. The molecule has 7 aromatic rings. The Balaban J connectivity index is 1.33. The van der Waals surface area contributed by atoms with Crippen LogP contribution in [0.4, 0.5) is 0 Å². The van der Waals surface area contributed by atoms with Gasteiger partial charge in [-0.05, 0) is 45.2 Å². The molecule has 4 heteroatoms. The van der Waals surface area contributed by atoms with Crippen molar-refractivity contribution in [2.75, 3.05) is 0 Å². The highest BCUT2D eigenvalue weighted by atomic mass is 15.0. The maximum absolute atomic E-state index is 9.25. The van der Waals surface area contributed by atoms with Gasteiger partial charge in [0.1, 0.15) is 0 Å². The average molecular weight is 537 g/mol. The Hall–Kier alpha value is -5.92. The molecule has 1 heterocycles. The fraction of sp³-hybridized carbons (Fsp3) is 0. The highest BCUT2D eigenvalue weighted by molar-refractivity contribution is 6.06. The fourth-order valence-corrected chi connectivity index (χ4v) is 5.28. The molecule has 0 unspecified atom stereocenters. The van der Waals surface area contributed by atoms with Crippen LogP contribution in [-0.4, -0.2) is 15.0 Å². The molecule has 0 radical (unpaired) electrons. The van der Waals surface area contributed by atoms with Crippen molar-refractivity contribution in [1.29, 1.82) is 5.26 Å². The first kappa shape index (κ1) is 25.1. The second-order valence-electron chi connectivity index (χ2n) is 10.0. The van der Waals surface area contributed by atoms with Crippen LogP contribution >= 0.6 is 0 Å². The Bertz CT molecular complexity index is 2000. The number of rotatable bonds is 5. The minimum atomic E-state index is 0.630. The van der Waals surface area contributed by atoms with Gasteiger partial charge in [-0.15, -0.1) is 0 Å². The molecule has 196 valence electrons. The Labute approximate surface area is 244 Å². The number of nitriles is 1. The van der Waals surface area contributed by atoms with E-state index >= 15 is 0 Å². The third-order valence-electron chi connectivity index (χ3n) is 7.38. The molecule has 0 fully saturated rings. The molecular weight excluding hydrogens is 512 g/mol. The molecule has 0 saturated heterocycles. The molecule has 0 aliphatic rings. The van der Waals surface area contributed by atoms with Gasteiger partial charge in [0.05, 0.1) is 11.6 Å². The van der Waals surface area contributed by atoms with E-state index in [1.807, 2.05) is 84.9 Å². The standard InChI is InChI=1S/C38H24N4/c39-25-26-17-19-27(20-18-26)33-15-7-13-29-14-8-16-34(35(29)33)28-21-23-32(24-22-28)38-41-36(30-9-3-1-4-10-30)40-37(42-38)31-11-5-2-6-12-31/h1-24H. The van der Waals surface area contributed by atoms with E-state index in [9.17, 15) is 5.26 Å². The summed E-state index contributed by atoms with van der Waals surface area (Å²) in [5, 5.41) is 11.6. The molecule has 0 N–H and O–H groups in total. The molecule has 1 aromatic heterocycles. The third-order valence-corrected chi connectivity index (χ3v) is 7.38. The summed E-state index contributed by atoms with van der Waals surface area (Å²) in [6, 6.07) is 51.2. The lowest BCUT2D eigenvalue weighted by molar-refractivity contribution is 1.07. The van der Waals surface area contributed by atoms with E-state index in [0.717, 1.165) is 44.3 Å². The molecule has 0 bridgehead atoms. The normalized spacial score (nSPS) is 10.8. The summed E-state index contributed by atoms with van der Waals surface area (Å²) < 4.78 is 0. The first-order valence-corrected chi connectivity index (χ1v) is 13.8. The lowest BCUT2D eigenvalue weighted by Gasteiger charge is -2.13. The molecule has 7 rings (SSSR count). The van der Waals surface area contributed by atoms with Crippen LogP contribution < -0.4 is 0 Å². The van der Waals surface area contributed by atoms with Crippen LogP contribution in [0.15, 0.2) is 146 Å². The second-order valence-corrected chi connectivity index (χ2v) is 10.0. The third kappa shape index (κ3) is 4.81. The molecule has 6 aromatic carbocycles. The van der Waals surface area contributed by atoms with E-state index in [1.165, 1.54) is 5.39 Å². The van der Waals surface area contributed by atoms with Crippen LogP contribution in [-0.2, 0) is 0 Å². The molecule has 0 aliphatic heterocycles. The van der Waals surface area contributed by atoms with Gasteiger partial charge < -0.3 is 0 Å². The number of aromatic nitrogens is 3. The van der Waals surface area contributed by atoms with Gasteiger partial charge in [0.25, 0.3) is 0 Å². The van der Waals surface area contributed by atoms with Gasteiger partial charge in [-0.3, -0.25) is 0 Å². The topological polar surface area (TPSA) is 62.5 Å². The summed E-state index contributed by atoms with van der Waals surface area (Å²) in [7, 11) is 0. The van der Waals surface area contributed by atoms with Gasteiger partial charge in [0, 0.05) is 16.7 Å². The Kier molecular flexibility index (Phi) is 6.52. The second kappa shape index (κ2) is 10.9. The predicted octanol–water partition coefficient (Wildman–Crippen LogP) is 9.23. The molecular formula is C38H24N4. The van der Waals surface area contributed by atoms with Crippen molar-refractivity contribution in [2.24, 2.45) is 0 Å².